The molecule has 0 N–H and O–H groups in total. The first-order chi connectivity index (χ1) is 11.0. The van der Waals surface area contributed by atoms with Crippen LogP contribution in [0.4, 0.5) is 0 Å². The van der Waals surface area contributed by atoms with Crippen LogP contribution in [0.1, 0.15) is 79.1 Å². The fraction of sp³-hybridized carbons (Fsp3) is 0.889. The van der Waals surface area contributed by atoms with Gasteiger partial charge in [0.05, 0.1) is 13.2 Å². The lowest BCUT2D eigenvalue weighted by Crippen LogP contribution is -2.12. The van der Waals surface area contributed by atoms with Crippen molar-refractivity contribution in [1.82, 2.24) is 0 Å². The molecule has 23 heavy (non-hydrogen) atoms. The molecule has 0 heterocycles. The maximum Gasteiger partial charge on any atom is 0.538 e. The molecule has 0 fully saturated rings. The number of hydrogen-bond acceptors (Lipinski definition) is 4. The molecule has 0 radical (unpaired) electrons. The molecule has 5 heteroatoms. The van der Waals surface area contributed by atoms with Gasteiger partial charge in [0.25, 0.3) is 0 Å². The van der Waals surface area contributed by atoms with Crippen molar-refractivity contribution in [3.63, 3.8) is 0 Å². The van der Waals surface area contributed by atoms with Crippen LogP contribution in [-0.2, 0) is 18.1 Å². The molecular formula is C18H35O4P. The molecule has 0 bridgehead atoms. The van der Waals surface area contributed by atoms with Gasteiger partial charge in [0.2, 0.25) is 0 Å². The molecule has 2 unspecified atom stereocenters. The van der Waals surface area contributed by atoms with Gasteiger partial charge in [-0.3, -0.25) is 9.05 Å². The van der Waals surface area contributed by atoms with Gasteiger partial charge in [0, 0.05) is 0 Å². The van der Waals surface area contributed by atoms with Gasteiger partial charge >= 0.3 is 7.82 Å². The van der Waals surface area contributed by atoms with E-state index in [0.29, 0.717) is 25.0 Å². The van der Waals surface area contributed by atoms with Crippen LogP contribution in [0.3, 0.4) is 0 Å². The number of phosphoric acid groups is 1. The fourth-order valence-electron chi connectivity index (χ4n) is 2.34. The Bertz CT molecular complexity index is 341. The third kappa shape index (κ3) is 10.8. The molecule has 0 aromatic heterocycles. The molecule has 0 aliphatic heterocycles. The van der Waals surface area contributed by atoms with Crippen molar-refractivity contribution < 1.29 is 18.1 Å². The van der Waals surface area contributed by atoms with Crippen molar-refractivity contribution in [2.45, 2.75) is 79.1 Å². The standard InChI is InChI=1S/C18H35O4P/c1-6-11-13-17(8-3)15-21-23(19,20-10-5)22-16-18(9-4)14-12-7-2/h5,17-18H,6-9,11-16H2,1-4H3. The zero-order valence-corrected chi connectivity index (χ0v) is 16.3. The molecule has 2 atom stereocenters. The summed E-state index contributed by atoms with van der Waals surface area (Å²) in [5, 5.41) is 0. The lowest BCUT2D eigenvalue weighted by Gasteiger charge is -2.21. The summed E-state index contributed by atoms with van der Waals surface area (Å²) in [5.41, 5.74) is 0. The topological polar surface area (TPSA) is 44.8 Å². The maximum atomic E-state index is 12.6. The van der Waals surface area contributed by atoms with E-state index in [0.717, 1.165) is 51.4 Å². The molecule has 0 amide bonds. The molecule has 0 aliphatic rings. The summed E-state index contributed by atoms with van der Waals surface area (Å²) in [5.74, 6) is 0.714. The van der Waals surface area contributed by atoms with E-state index in [-0.39, 0.29) is 0 Å². The molecule has 0 spiro atoms. The Morgan fingerprint density at radius 1 is 0.913 bits per heavy atom. The molecule has 0 aliphatic carbocycles. The van der Waals surface area contributed by atoms with Crippen LogP contribution in [0.15, 0.2) is 0 Å². The van der Waals surface area contributed by atoms with E-state index in [4.69, 9.17) is 20.0 Å². The predicted molar refractivity (Wildman–Crippen MR) is 96.0 cm³/mol. The van der Waals surface area contributed by atoms with Crippen LogP contribution < -0.4 is 0 Å². The Morgan fingerprint density at radius 2 is 1.35 bits per heavy atom. The SMILES string of the molecule is C#COP(=O)(OCC(CC)CCCC)OCC(CC)CCCC. The zero-order chi connectivity index (χ0) is 17.6. The van der Waals surface area contributed by atoms with E-state index in [9.17, 15) is 4.57 Å². The number of rotatable bonds is 15. The van der Waals surface area contributed by atoms with Gasteiger partial charge in [-0.25, -0.2) is 4.57 Å². The highest BCUT2D eigenvalue weighted by Crippen LogP contribution is 2.50. The van der Waals surface area contributed by atoms with Crippen LogP contribution >= 0.6 is 7.82 Å². The van der Waals surface area contributed by atoms with Crippen LogP contribution in [0.5, 0.6) is 0 Å². The van der Waals surface area contributed by atoms with E-state index in [1.54, 1.807) is 0 Å². The van der Waals surface area contributed by atoms with Crippen LogP contribution in [0.2, 0.25) is 0 Å². The highest BCUT2D eigenvalue weighted by molar-refractivity contribution is 7.48. The largest absolute Gasteiger partial charge is 0.538 e. The van der Waals surface area contributed by atoms with E-state index >= 15 is 0 Å². The van der Waals surface area contributed by atoms with Gasteiger partial charge < -0.3 is 4.52 Å². The van der Waals surface area contributed by atoms with Gasteiger partial charge in [-0.05, 0) is 24.7 Å². The maximum absolute atomic E-state index is 12.6. The minimum absolute atomic E-state index is 0.357. The van der Waals surface area contributed by atoms with Gasteiger partial charge in [0.1, 0.15) is 6.11 Å². The second-order valence-electron chi connectivity index (χ2n) is 6.08. The highest BCUT2D eigenvalue weighted by Gasteiger charge is 2.30. The first-order valence-electron chi connectivity index (χ1n) is 9.08. The van der Waals surface area contributed by atoms with E-state index in [1.165, 1.54) is 0 Å². The van der Waals surface area contributed by atoms with Crippen molar-refractivity contribution in [3.8, 4) is 12.5 Å². The van der Waals surface area contributed by atoms with Crippen molar-refractivity contribution >= 4 is 7.82 Å². The van der Waals surface area contributed by atoms with Crippen molar-refractivity contribution in [2.24, 2.45) is 11.8 Å². The fourth-order valence-corrected chi connectivity index (χ4v) is 3.44. The summed E-state index contributed by atoms with van der Waals surface area (Å²) in [6, 6.07) is 0. The molecule has 0 aromatic carbocycles. The summed E-state index contributed by atoms with van der Waals surface area (Å²) in [6.45, 7) is 9.25. The van der Waals surface area contributed by atoms with Gasteiger partial charge in [-0.1, -0.05) is 72.6 Å². The second-order valence-corrected chi connectivity index (χ2v) is 7.67. The molecule has 4 nitrogen and oxygen atoms in total. The average Bonchev–Trinajstić information content (AvgIpc) is 2.55. The number of unbranched alkanes of at least 4 members (excludes halogenated alkanes) is 2. The quantitative estimate of drug-likeness (QED) is 0.263. The van der Waals surface area contributed by atoms with Crippen molar-refractivity contribution in [3.05, 3.63) is 0 Å². The first-order valence-corrected chi connectivity index (χ1v) is 10.5. The van der Waals surface area contributed by atoms with Gasteiger partial charge in [-0.2, -0.15) is 0 Å². The smallest absolute Gasteiger partial charge is 0.350 e. The summed E-state index contributed by atoms with van der Waals surface area (Å²) in [7, 11) is -3.65. The summed E-state index contributed by atoms with van der Waals surface area (Å²) >= 11 is 0. The molecule has 0 saturated carbocycles. The number of hydrogen-bond donors (Lipinski definition) is 0. The predicted octanol–water partition coefficient (Wildman–Crippen LogP) is 6.17. The Hall–Kier alpha value is -0.490. The monoisotopic (exact) mass is 346 g/mol. The normalized spacial score (nSPS) is 16.3. The minimum Gasteiger partial charge on any atom is -0.350 e. The lowest BCUT2D eigenvalue weighted by atomic mass is 10.0. The van der Waals surface area contributed by atoms with Gasteiger partial charge in [0.15, 0.2) is 0 Å². The first kappa shape index (κ1) is 22.5. The Labute approximate surface area is 143 Å². The summed E-state index contributed by atoms with van der Waals surface area (Å²) in [4.78, 5) is 0. The summed E-state index contributed by atoms with van der Waals surface area (Å²) in [6.07, 6.45) is 15.7. The molecule has 0 saturated heterocycles. The molecular weight excluding hydrogens is 311 g/mol. The average molecular weight is 346 g/mol. The number of terminal acetylenes is 1. The third-order valence-electron chi connectivity index (χ3n) is 4.19. The molecule has 0 rings (SSSR count). The number of phosphoric ester groups is 1. The van der Waals surface area contributed by atoms with Crippen LogP contribution in [0.25, 0.3) is 0 Å². The minimum atomic E-state index is -3.65. The summed E-state index contributed by atoms with van der Waals surface area (Å²) < 4.78 is 28.4. The Balaban J connectivity index is 4.47. The van der Waals surface area contributed by atoms with Crippen molar-refractivity contribution in [2.75, 3.05) is 13.2 Å². The highest BCUT2D eigenvalue weighted by atomic mass is 31.2. The van der Waals surface area contributed by atoms with E-state index in [2.05, 4.69) is 27.7 Å². The van der Waals surface area contributed by atoms with Crippen LogP contribution in [-0.4, -0.2) is 13.2 Å². The molecule has 136 valence electrons. The third-order valence-corrected chi connectivity index (χ3v) is 5.45. The molecule has 0 aromatic rings. The second kappa shape index (κ2) is 13.9. The van der Waals surface area contributed by atoms with Crippen molar-refractivity contribution in [1.29, 1.82) is 0 Å². The zero-order valence-electron chi connectivity index (χ0n) is 15.4. The van der Waals surface area contributed by atoms with Crippen LogP contribution in [0, 0.1) is 24.4 Å². The van der Waals surface area contributed by atoms with Gasteiger partial charge in [-0.15, -0.1) is 0 Å². The Morgan fingerprint density at radius 3 is 1.65 bits per heavy atom. The van der Waals surface area contributed by atoms with E-state index in [1.807, 2.05) is 6.11 Å². The lowest BCUT2D eigenvalue weighted by molar-refractivity contribution is 0.109. The Kier molecular flexibility index (Phi) is 13.6. The van der Waals surface area contributed by atoms with E-state index < -0.39 is 7.82 Å².